The Bertz CT molecular complexity index is 630. The van der Waals surface area contributed by atoms with Gasteiger partial charge in [0.05, 0.1) is 6.54 Å². The number of hydrogen-bond donors (Lipinski definition) is 0. The van der Waals surface area contributed by atoms with Gasteiger partial charge in [-0.05, 0) is 17.1 Å². The van der Waals surface area contributed by atoms with Crippen LogP contribution in [-0.2, 0) is 17.8 Å². The van der Waals surface area contributed by atoms with Crippen LogP contribution in [0.25, 0.3) is 0 Å². The van der Waals surface area contributed by atoms with E-state index in [9.17, 15) is 14.3 Å². The van der Waals surface area contributed by atoms with Gasteiger partial charge < -0.3 is 10.1 Å². The third-order valence-corrected chi connectivity index (χ3v) is 3.40. The summed E-state index contributed by atoms with van der Waals surface area (Å²) < 4.78 is 16.0. The zero-order valence-electron chi connectivity index (χ0n) is 9.01. The standard InChI is InChI=1S/C7H6N6O3S2/c1-2-12-4(13(14)15)3-8-6(12)5(18-16)7-9-10-11-17-7/h3H,2H2,1H3. The molecule has 2 aromatic rings. The van der Waals surface area contributed by atoms with Crippen molar-refractivity contribution in [3.8, 4) is 0 Å². The average Bonchev–Trinajstić information content (AvgIpc) is 2.98. The summed E-state index contributed by atoms with van der Waals surface area (Å²) in [4.78, 5) is 14.3. The molecule has 0 N–H and O–H groups in total. The molecule has 0 saturated heterocycles. The molecule has 0 fully saturated rings. The third kappa shape index (κ3) is 2.04. The van der Waals surface area contributed by atoms with Crippen molar-refractivity contribution in [1.82, 2.24) is 24.4 Å². The Morgan fingerprint density at radius 3 is 2.94 bits per heavy atom. The van der Waals surface area contributed by atoms with E-state index in [1.54, 1.807) is 6.92 Å². The van der Waals surface area contributed by atoms with E-state index in [2.05, 4.69) is 19.8 Å². The van der Waals surface area contributed by atoms with Gasteiger partial charge in [-0.2, -0.15) is 0 Å². The third-order valence-electron chi connectivity index (χ3n) is 2.12. The maximum Gasteiger partial charge on any atom is 0.343 e. The summed E-state index contributed by atoms with van der Waals surface area (Å²) in [5, 5.41) is 18.2. The Balaban J connectivity index is 2.58. The number of nitro groups is 1. The van der Waals surface area contributed by atoms with Crippen LogP contribution in [0.4, 0.5) is 5.82 Å². The van der Waals surface area contributed by atoms with Gasteiger partial charge in [0.2, 0.25) is 5.82 Å². The summed E-state index contributed by atoms with van der Waals surface area (Å²) in [5.74, 6) is 0.0410. The van der Waals surface area contributed by atoms with Crippen molar-refractivity contribution in [2.75, 3.05) is 0 Å². The Labute approximate surface area is 108 Å². The van der Waals surface area contributed by atoms with Crippen LogP contribution in [0.5, 0.6) is 0 Å². The van der Waals surface area contributed by atoms with Crippen LogP contribution >= 0.6 is 11.5 Å². The molecule has 0 radical (unpaired) electrons. The van der Waals surface area contributed by atoms with Crippen molar-refractivity contribution in [3.05, 3.63) is 27.1 Å². The monoisotopic (exact) mass is 286 g/mol. The van der Waals surface area contributed by atoms with Gasteiger partial charge >= 0.3 is 5.82 Å². The molecule has 0 aliphatic carbocycles. The van der Waals surface area contributed by atoms with E-state index in [4.69, 9.17) is 0 Å². The lowest BCUT2D eigenvalue weighted by atomic mass is 10.4. The number of hydrogen-bond acceptors (Lipinski definition) is 8. The van der Waals surface area contributed by atoms with Crippen molar-refractivity contribution < 1.29 is 9.13 Å². The van der Waals surface area contributed by atoms with Crippen molar-refractivity contribution in [2.24, 2.45) is 0 Å². The van der Waals surface area contributed by atoms with Crippen molar-refractivity contribution in [2.45, 2.75) is 13.5 Å². The largest absolute Gasteiger partial charge is 0.358 e. The highest BCUT2D eigenvalue weighted by atomic mass is 32.1. The molecule has 0 aromatic carbocycles. The Kier molecular flexibility index (Phi) is 3.53. The molecule has 0 bridgehead atoms. The minimum atomic E-state index is -0.550. The van der Waals surface area contributed by atoms with E-state index in [-0.39, 0.29) is 27.8 Å². The van der Waals surface area contributed by atoms with Gasteiger partial charge in [0, 0.05) is 11.5 Å². The summed E-state index contributed by atoms with van der Waals surface area (Å²) in [6.45, 7) is 2.05. The second-order valence-electron chi connectivity index (χ2n) is 3.02. The van der Waals surface area contributed by atoms with Gasteiger partial charge in [-0.1, -0.05) is 4.49 Å². The fraction of sp³-hybridized carbons (Fsp3) is 0.286. The fourth-order valence-corrected chi connectivity index (χ4v) is 2.36. The lowest BCUT2D eigenvalue weighted by Crippen LogP contribution is -2.13. The first-order chi connectivity index (χ1) is 8.69. The van der Waals surface area contributed by atoms with E-state index in [0.29, 0.717) is 11.6 Å². The molecule has 9 nitrogen and oxygen atoms in total. The first-order valence-electron chi connectivity index (χ1n) is 4.71. The number of nitrogens with zero attached hydrogens (tertiary/aromatic N) is 6. The fourth-order valence-electron chi connectivity index (χ4n) is 1.39. The SMILES string of the molecule is CCn1c([N+](=O)[O-])cnc1C(=S=O)c1nnns1. The zero-order valence-corrected chi connectivity index (χ0v) is 10.6. The highest BCUT2D eigenvalue weighted by Crippen LogP contribution is 2.17. The van der Waals surface area contributed by atoms with Crippen molar-refractivity contribution >= 4 is 33.5 Å². The topological polar surface area (TPSA) is 117 Å². The van der Waals surface area contributed by atoms with Crippen LogP contribution in [-0.4, -0.2) is 38.3 Å². The maximum atomic E-state index is 11.1. The Morgan fingerprint density at radius 2 is 2.44 bits per heavy atom. The maximum absolute atomic E-state index is 11.1. The van der Waals surface area contributed by atoms with Gasteiger partial charge in [-0.25, -0.2) is 13.8 Å². The van der Waals surface area contributed by atoms with Gasteiger partial charge in [0.15, 0.2) is 9.87 Å². The number of aromatic nitrogens is 5. The summed E-state index contributed by atoms with van der Waals surface area (Å²) in [6.07, 6.45) is 1.11. The second kappa shape index (κ2) is 5.10. The normalized spacial score (nSPS) is 10.3. The van der Waals surface area contributed by atoms with Gasteiger partial charge in [0.25, 0.3) is 0 Å². The summed E-state index contributed by atoms with van der Waals surface area (Å²) in [7, 11) is 0. The minimum absolute atomic E-state index is 0.164. The van der Waals surface area contributed by atoms with Gasteiger partial charge in [-0.15, -0.1) is 5.10 Å². The molecule has 2 rings (SSSR count). The zero-order chi connectivity index (χ0) is 13.1. The van der Waals surface area contributed by atoms with Crippen LogP contribution in [0.3, 0.4) is 0 Å². The molecular weight excluding hydrogens is 280 g/mol. The Morgan fingerprint density at radius 1 is 1.67 bits per heavy atom. The number of rotatable bonds is 4. The van der Waals surface area contributed by atoms with Crippen LogP contribution in [0, 0.1) is 10.1 Å². The molecule has 0 saturated carbocycles. The number of imidazole rings is 1. The molecule has 11 heteroatoms. The van der Waals surface area contributed by atoms with E-state index >= 15 is 0 Å². The quantitative estimate of drug-likeness (QED) is 0.332. The predicted molar refractivity (Wildman–Crippen MR) is 63.6 cm³/mol. The van der Waals surface area contributed by atoms with Gasteiger partial charge in [-0.3, -0.25) is 0 Å². The van der Waals surface area contributed by atoms with Crippen LogP contribution in [0.2, 0.25) is 0 Å². The van der Waals surface area contributed by atoms with Crippen LogP contribution in [0.1, 0.15) is 17.8 Å². The Hall–Kier alpha value is -2.01. The lowest BCUT2D eigenvalue weighted by Gasteiger charge is -2.00. The van der Waals surface area contributed by atoms with Crippen molar-refractivity contribution in [1.29, 1.82) is 0 Å². The van der Waals surface area contributed by atoms with E-state index in [1.807, 2.05) is 0 Å². The summed E-state index contributed by atoms with van der Waals surface area (Å²) in [6, 6.07) is 0. The molecule has 0 atom stereocenters. The summed E-state index contributed by atoms with van der Waals surface area (Å²) >= 11 is 1.10. The molecule has 18 heavy (non-hydrogen) atoms. The predicted octanol–water partition coefficient (Wildman–Crippen LogP) is -0.161. The molecule has 0 aliphatic heterocycles. The lowest BCUT2D eigenvalue weighted by molar-refractivity contribution is -0.392. The highest BCUT2D eigenvalue weighted by Gasteiger charge is 2.25. The molecule has 94 valence electrons. The molecular formula is C7H6N6O3S2. The van der Waals surface area contributed by atoms with E-state index < -0.39 is 4.92 Å². The second-order valence-corrected chi connectivity index (χ2v) is 4.33. The first kappa shape index (κ1) is 12.4. The van der Waals surface area contributed by atoms with E-state index in [1.165, 1.54) is 4.57 Å². The summed E-state index contributed by atoms with van der Waals surface area (Å²) in [5.41, 5.74) is 0. The molecule has 2 aromatic heterocycles. The average molecular weight is 286 g/mol. The molecule has 0 aliphatic rings. The molecule has 0 spiro atoms. The van der Waals surface area contributed by atoms with E-state index in [0.717, 1.165) is 17.7 Å². The minimum Gasteiger partial charge on any atom is -0.358 e. The molecule has 2 heterocycles. The first-order valence-corrected chi connectivity index (χ1v) is 6.23. The van der Waals surface area contributed by atoms with Crippen LogP contribution < -0.4 is 0 Å². The van der Waals surface area contributed by atoms with Crippen LogP contribution in [0.15, 0.2) is 6.20 Å². The smallest absolute Gasteiger partial charge is 0.343 e. The molecule has 0 amide bonds. The van der Waals surface area contributed by atoms with Gasteiger partial charge in [0.1, 0.15) is 17.5 Å². The highest BCUT2D eigenvalue weighted by molar-refractivity contribution is 7.68. The molecule has 0 unspecified atom stereocenters. The van der Waals surface area contributed by atoms with Crippen molar-refractivity contribution in [3.63, 3.8) is 0 Å².